The van der Waals surface area contributed by atoms with Crippen LogP contribution in [0.2, 0.25) is 0 Å². The summed E-state index contributed by atoms with van der Waals surface area (Å²) in [7, 11) is 2.25. The highest BCUT2D eigenvalue weighted by Gasteiger charge is 2.49. The quantitative estimate of drug-likeness (QED) is 0.715. The molecule has 2 aliphatic carbocycles. The maximum Gasteiger partial charge on any atom is 0.155 e. The van der Waals surface area contributed by atoms with Crippen LogP contribution >= 0.6 is 18.9 Å². The summed E-state index contributed by atoms with van der Waals surface area (Å²) in [5.41, 5.74) is 0. The number of aliphatic hydroxyl groups is 1. The largest absolute Gasteiger partial charge is 0.368 e. The van der Waals surface area contributed by atoms with Crippen LogP contribution < -0.4 is 0 Å². The Morgan fingerprint density at radius 1 is 1.27 bits per heavy atom. The molecule has 0 spiro atoms. The fourth-order valence-electron chi connectivity index (χ4n) is 4.92. The van der Waals surface area contributed by atoms with E-state index < -0.39 is 6.29 Å². The van der Waals surface area contributed by atoms with Gasteiger partial charge >= 0.3 is 0 Å². The fourth-order valence-corrected chi connectivity index (χ4v) is 5.55. The van der Waals surface area contributed by atoms with Crippen LogP contribution in [0.1, 0.15) is 57.8 Å². The van der Waals surface area contributed by atoms with Crippen LogP contribution in [0, 0.1) is 17.8 Å². The SMILES string of the molecule is [3H]PO[C@@H]1C[C@@H]2OC(O)C[C@@H]2[C@H]1CC[C@H](OP)C1CCCCC1. The van der Waals surface area contributed by atoms with Gasteiger partial charge in [-0.25, -0.2) is 0 Å². The van der Waals surface area contributed by atoms with E-state index in [0.29, 0.717) is 30.3 Å². The Morgan fingerprint density at radius 3 is 2.82 bits per heavy atom. The van der Waals surface area contributed by atoms with Crippen molar-refractivity contribution in [2.75, 3.05) is 0 Å². The van der Waals surface area contributed by atoms with Crippen molar-refractivity contribution in [1.82, 2.24) is 0 Å². The highest BCUT2D eigenvalue weighted by Crippen LogP contribution is 2.47. The molecule has 1 heterocycles. The molecule has 8 atom stereocenters. The van der Waals surface area contributed by atoms with E-state index in [1.54, 1.807) is 0 Å². The van der Waals surface area contributed by atoms with Gasteiger partial charge < -0.3 is 18.9 Å². The maximum atomic E-state index is 9.77. The monoisotopic (exact) mass is 350 g/mol. The van der Waals surface area contributed by atoms with Crippen LogP contribution in [-0.4, -0.2) is 31.0 Å². The molecule has 3 aliphatic rings. The van der Waals surface area contributed by atoms with Crippen LogP contribution in [-0.2, 0) is 13.8 Å². The van der Waals surface area contributed by atoms with Crippen molar-refractivity contribution in [3.8, 4) is 0 Å². The second-order valence-corrected chi connectivity index (χ2v) is 7.74. The van der Waals surface area contributed by atoms with Crippen molar-refractivity contribution in [3.05, 3.63) is 0 Å². The molecule has 2 saturated carbocycles. The Bertz CT molecular complexity index is 370. The van der Waals surface area contributed by atoms with Gasteiger partial charge in [0.25, 0.3) is 0 Å². The smallest absolute Gasteiger partial charge is 0.155 e. The van der Waals surface area contributed by atoms with Crippen LogP contribution in [0.3, 0.4) is 0 Å². The van der Waals surface area contributed by atoms with Crippen molar-refractivity contribution in [1.29, 1.82) is 1.28 Å². The highest BCUT2D eigenvalue weighted by molar-refractivity contribution is 7.10. The summed E-state index contributed by atoms with van der Waals surface area (Å²) in [5, 5.41) is 9.77. The van der Waals surface area contributed by atoms with E-state index in [1.165, 1.54) is 32.1 Å². The lowest BCUT2D eigenvalue weighted by Crippen LogP contribution is -2.27. The molecule has 22 heavy (non-hydrogen) atoms. The van der Waals surface area contributed by atoms with Gasteiger partial charge in [0.05, 0.1) is 19.6 Å². The number of hydrogen-bond donors (Lipinski definition) is 1. The third-order valence-corrected chi connectivity index (χ3v) is 6.71. The summed E-state index contributed by atoms with van der Waals surface area (Å²) in [4.78, 5) is 0. The minimum absolute atomic E-state index is 0.112. The summed E-state index contributed by atoms with van der Waals surface area (Å²) in [6.45, 7) is 0. The van der Waals surface area contributed by atoms with E-state index in [2.05, 4.69) is 9.47 Å². The normalized spacial score (nSPS) is 41.9. The Labute approximate surface area is 139 Å². The number of rotatable bonds is 7. The van der Waals surface area contributed by atoms with Gasteiger partial charge in [0, 0.05) is 31.7 Å². The van der Waals surface area contributed by atoms with E-state index in [9.17, 15) is 5.11 Å². The highest BCUT2D eigenvalue weighted by atomic mass is 31.0. The van der Waals surface area contributed by atoms with Gasteiger partial charge in [0.2, 0.25) is 0 Å². The van der Waals surface area contributed by atoms with Crippen molar-refractivity contribution in [2.24, 2.45) is 17.8 Å². The molecule has 3 fully saturated rings. The van der Waals surface area contributed by atoms with Crippen molar-refractivity contribution < 1.29 is 18.9 Å². The standard InChI is InChI=1S/C16H30O4P2/c17-16-8-12-11(15(20-22)9-14(12)18-16)6-7-13(19-21)10-4-2-1-3-5-10/h10-17H,1-9,21-22H2/t11-,12-,13+,14+,15-,16?/m1/s1/i22T/t11-,12-,13+,14+,15-,16?,22?. The lowest BCUT2D eigenvalue weighted by Gasteiger charge is -2.31. The number of fused-ring (bicyclic) bond motifs is 1. The first-order valence-electron chi connectivity index (χ1n) is 9.24. The molecule has 1 saturated heterocycles. The van der Waals surface area contributed by atoms with Crippen molar-refractivity contribution in [3.63, 3.8) is 0 Å². The molecule has 128 valence electrons. The summed E-state index contributed by atoms with van der Waals surface area (Å²) >= 11 is 0. The first-order chi connectivity index (χ1) is 11.2. The Hall–Kier alpha value is 0.700. The predicted molar refractivity (Wildman–Crippen MR) is 92.1 cm³/mol. The molecule has 3 rings (SSSR count). The lowest BCUT2D eigenvalue weighted by atomic mass is 9.81. The number of hydrogen-bond acceptors (Lipinski definition) is 4. The van der Waals surface area contributed by atoms with Gasteiger partial charge in [0.1, 0.15) is 0 Å². The fraction of sp³-hybridized carbons (Fsp3) is 1.00. The zero-order valence-electron chi connectivity index (χ0n) is 14.2. The van der Waals surface area contributed by atoms with Gasteiger partial charge in [-0.05, 0) is 43.4 Å². The molecule has 6 heteroatoms. The second-order valence-electron chi connectivity index (χ2n) is 7.23. The van der Waals surface area contributed by atoms with Crippen LogP contribution in [0.15, 0.2) is 0 Å². The second kappa shape index (κ2) is 8.19. The maximum absolute atomic E-state index is 9.77. The van der Waals surface area contributed by atoms with E-state index in [4.69, 9.17) is 15.1 Å². The zero-order valence-corrected chi connectivity index (χ0v) is 15.3. The van der Waals surface area contributed by atoms with E-state index >= 15 is 0 Å². The van der Waals surface area contributed by atoms with Crippen LogP contribution in [0.5, 0.6) is 0 Å². The number of aliphatic hydroxyl groups excluding tert-OH is 1. The van der Waals surface area contributed by atoms with Crippen LogP contribution in [0.25, 0.3) is 0 Å². The molecule has 4 nitrogen and oxygen atoms in total. The third-order valence-electron chi connectivity index (χ3n) is 6.06. The molecular formula is C16H30O4P2. The molecule has 0 bridgehead atoms. The molecule has 1 N–H and O–H groups in total. The third kappa shape index (κ3) is 3.85. The summed E-state index contributed by atoms with van der Waals surface area (Å²) < 4.78 is 24.5. The average Bonchev–Trinajstić information content (AvgIpc) is 3.06. The van der Waals surface area contributed by atoms with Gasteiger partial charge in [-0.15, -0.1) is 0 Å². The predicted octanol–water partition coefficient (Wildman–Crippen LogP) is 3.44. The Kier molecular flexibility index (Phi) is 6.02. The molecule has 3 unspecified atom stereocenters. The Morgan fingerprint density at radius 2 is 2.09 bits per heavy atom. The molecule has 1 aliphatic heterocycles. The molecular weight excluding hydrogens is 318 g/mol. The zero-order chi connectivity index (χ0) is 16.2. The minimum Gasteiger partial charge on any atom is -0.368 e. The lowest BCUT2D eigenvalue weighted by molar-refractivity contribution is -0.0939. The van der Waals surface area contributed by atoms with E-state index in [1.807, 2.05) is 0 Å². The first kappa shape index (κ1) is 16.2. The summed E-state index contributed by atoms with van der Waals surface area (Å²) in [6, 6.07) is 0. The topological polar surface area (TPSA) is 47.9 Å². The summed E-state index contributed by atoms with van der Waals surface area (Å²) in [5.74, 6) is 1.45. The summed E-state index contributed by atoms with van der Waals surface area (Å²) in [6.07, 6.45) is 10.1. The van der Waals surface area contributed by atoms with Crippen LogP contribution in [0.4, 0.5) is 0 Å². The van der Waals surface area contributed by atoms with Gasteiger partial charge in [-0.2, -0.15) is 0 Å². The molecule has 0 aromatic carbocycles. The molecule has 0 aromatic heterocycles. The van der Waals surface area contributed by atoms with E-state index in [0.717, 1.165) is 19.3 Å². The molecule has 0 aromatic rings. The van der Waals surface area contributed by atoms with Crippen molar-refractivity contribution in [2.45, 2.75) is 82.4 Å². The molecule has 0 radical (unpaired) electrons. The van der Waals surface area contributed by atoms with Gasteiger partial charge in [0.15, 0.2) is 6.29 Å². The number of ether oxygens (including phenoxy) is 1. The van der Waals surface area contributed by atoms with Crippen molar-refractivity contribution >= 4 is 18.9 Å². The van der Waals surface area contributed by atoms with Gasteiger partial charge in [-0.3, -0.25) is 0 Å². The van der Waals surface area contributed by atoms with E-state index in [-0.39, 0.29) is 21.6 Å². The average molecular weight is 350 g/mol. The van der Waals surface area contributed by atoms with Gasteiger partial charge in [-0.1, -0.05) is 19.3 Å². The first-order valence-corrected chi connectivity index (χ1v) is 9.62. The minimum atomic E-state index is -0.612. The molecule has 0 amide bonds. The Balaban J connectivity index is 1.57.